The maximum atomic E-state index is 12.8. The van der Waals surface area contributed by atoms with Crippen molar-refractivity contribution < 1.29 is 4.39 Å². The van der Waals surface area contributed by atoms with Crippen LogP contribution in [0.3, 0.4) is 0 Å². The molecule has 82 valence electrons. The molecule has 0 amide bonds. The van der Waals surface area contributed by atoms with E-state index in [1.54, 1.807) is 12.1 Å². The molecule has 0 N–H and O–H groups in total. The Bertz CT molecular complexity index is 523. The summed E-state index contributed by atoms with van der Waals surface area (Å²) >= 11 is 15.4. The van der Waals surface area contributed by atoms with Crippen LogP contribution in [0.5, 0.6) is 0 Å². The second-order valence-electron chi connectivity index (χ2n) is 3.23. The van der Waals surface area contributed by atoms with Crippen LogP contribution in [0.25, 0.3) is 11.1 Å². The van der Waals surface area contributed by atoms with Gasteiger partial charge in [0.05, 0.1) is 10.0 Å². The van der Waals surface area contributed by atoms with Gasteiger partial charge in [-0.2, -0.15) is 0 Å². The van der Waals surface area contributed by atoms with Crippen molar-refractivity contribution in [1.82, 2.24) is 0 Å². The highest BCUT2D eigenvalue weighted by Gasteiger charge is 2.09. The Hall–Kier alpha value is -0.570. The molecule has 2 aromatic carbocycles. The molecule has 0 aliphatic rings. The van der Waals surface area contributed by atoms with Crippen molar-refractivity contribution in [2.24, 2.45) is 0 Å². The predicted molar refractivity (Wildman–Crippen MR) is 69.6 cm³/mol. The monoisotopic (exact) mass is 318 g/mol. The molecule has 0 aromatic heterocycles. The number of benzene rings is 2. The Morgan fingerprint density at radius 3 is 2.12 bits per heavy atom. The van der Waals surface area contributed by atoms with Crippen LogP contribution in [0.4, 0.5) is 4.39 Å². The summed E-state index contributed by atoms with van der Waals surface area (Å²) in [6.07, 6.45) is 0. The summed E-state index contributed by atoms with van der Waals surface area (Å²) in [6, 6.07) is 9.77. The summed E-state index contributed by atoms with van der Waals surface area (Å²) in [4.78, 5) is 0. The first kappa shape index (κ1) is 11.9. The maximum Gasteiger partial charge on any atom is 0.123 e. The van der Waals surface area contributed by atoms with E-state index in [2.05, 4.69) is 15.9 Å². The first-order chi connectivity index (χ1) is 7.59. The molecule has 0 fully saturated rings. The number of hydrogen-bond acceptors (Lipinski definition) is 0. The second kappa shape index (κ2) is 4.74. The summed E-state index contributed by atoms with van der Waals surface area (Å²) in [5, 5.41) is 0.922. The Kier molecular flexibility index (Phi) is 3.53. The summed E-state index contributed by atoms with van der Waals surface area (Å²) in [7, 11) is 0. The lowest BCUT2D eigenvalue weighted by molar-refractivity contribution is 0.628. The van der Waals surface area contributed by atoms with E-state index in [-0.39, 0.29) is 5.82 Å². The predicted octanol–water partition coefficient (Wildman–Crippen LogP) is 5.56. The van der Waals surface area contributed by atoms with E-state index in [1.165, 1.54) is 12.1 Å². The van der Waals surface area contributed by atoms with Gasteiger partial charge in [0.1, 0.15) is 5.82 Å². The molecule has 2 rings (SSSR count). The quantitative estimate of drug-likeness (QED) is 0.603. The van der Waals surface area contributed by atoms with Crippen molar-refractivity contribution in [2.45, 2.75) is 0 Å². The normalized spacial score (nSPS) is 10.5. The van der Waals surface area contributed by atoms with Crippen LogP contribution in [0.2, 0.25) is 10.0 Å². The van der Waals surface area contributed by atoms with E-state index in [4.69, 9.17) is 23.2 Å². The van der Waals surface area contributed by atoms with E-state index in [0.717, 1.165) is 15.6 Å². The maximum absolute atomic E-state index is 12.8. The smallest absolute Gasteiger partial charge is 0.123 e. The Labute approximate surface area is 111 Å². The van der Waals surface area contributed by atoms with Crippen molar-refractivity contribution >= 4 is 39.1 Å². The van der Waals surface area contributed by atoms with Crippen molar-refractivity contribution in [3.8, 4) is 11.1 Å². The van der Waals surface area contributed by atoms with Gasteiger partial charge in [0.2, 0.25) is 0 Å². The average Bonchev–Trinajstić information content (AvgIpc) is 2.28. The minimum absolute atomic E-state index is 0.275. The van der Waals surface area contributed by atoms with Crippen LogP contribution in [-0.4, -0.2) is 0 Å². The van der Waals surface area contributed by atoms with Gasteiger partial charge in [0.15, 0.2) is 0 Å². The van der Waals surface area contributed by atoms with Gasteiger partial charge in [0, 0.05) is 10.0 Å². The fourth-order valence-corrected chi connectivity index (χ4v) is 2.26. The molecule has 0 unspecified atom stereocenters. The van der Waals surface area contributed by atoms with E-state index in [1.807, 2.05) is 12.1 Å². The fourth-order valence-electron chi connectivity index (χ4n) is 1.38. The summed E-state index contributed by atoms with van der Waals surface area (Å²) in [5.41, 5.74) is 1.62. The Morgan fingerprint density at radius 1 is 0.875 bits per heavy atom. The van der Waals surface area contributed by atoms with Gasteiger partial charge in [-0.15, -0.1) is 0 Å². The third-order valence-corrected chi connectivity index (χ3v) is 3.96. The first-order valence-electron chi connectivity index (χ1n) is 4.49. The lowest BCUT2D eigenvalue weighted by Crippen LogP contribution is -1.82. The van der Waals surface area contributed by atoms with Crippen LogP contribution in [-0.2, 0) is 0 Å². The van der Waals surface area contributed by atoms with E-state index >= 15 is 0 Å². The molecule has 0 radical (unpaired) electrons. The van der Waals surface area contributed by atoms with Crippen LogP contribution in [0.15, 0.2) is 40.9 Å². The van der Waals surface area contributed by atoms with Gasteiger partial charge < -0.3 is 0 Å². The number of hydrogen-bond donors (Lipinski definition) is 0. The molecular formula is C12H6BrCl2F. The molecule has 0 spiro atoms. The molecule has 4 heteroatoms. The third-order valence-electron chi connectivity index (χ3n) is 2.19. The second-order valence-corrected chi connectivity index (χ2v) is 4.84. The van der Waals surface area contributed by atoms with Crippen molar-refractivity contribution in [2.75, 3.05) is 0 Å². The summed E-state index contributed by atoms with van der Waals surface area (Å²) in [6.45, 7) is 0. The highest BCUT2D eigenvalue weighted by atomic mass is 79.9. The topological polar surface area (TPSA) is 0 Å². The molecule has 0 heterocycles. The Balaban J connectivity index is 2.57. The van der Waals surface area contributed by atoms with Crippen LogP contribution < -0.4 is 0 Å². The molecule has 0 saturated carbocycles. The first-order valence-corrected chi connectivity index (χ1v) is 6.04. The lowest BCUT2D eigenvalue weighted by atomic mass is 10.1. The average molecular weight is 320 g/mol. The highest BCUT2D eigenvalue weighted by molar-refractivity contribution is 9.10. The van der Waals surface area contributed by atoms with Crippen molar-refractivity contribution in [1.29, 1.82) is 0 Å². The Morgan fingerprint density at radius 2 is 1.50 bits per heavy atom. The number of rotatable bonds is 1. The molecule has 0 nitrogen and oxygen atoms in total. The van der Waals surface area contributed by atoms with Gasteiger partial charge >= 0.3 is 0 Å². The van der Waals surface area contributed by atoms with Gasteiger partial charge in [-0.1, -0.05) is 41.4 Å². The molecule has 0 saturated heterocycles. The minimum Gasteiger partial charge on any atom is -0.207 e. The molecule has 0 bridgehead atoms. The van der Waals surface area contributed by atoms with Gasteiger partial charge in [0.25, 0.3) is 0 Å². The summed E-state index contributed by atoms with van der Waals surface area (Å²) < 4.78 is 13.5. The molecule has 0 aliphatic carbocycles. The van der Waals surface area contributed by atoms with Crippen molar-refractivity contribution in [3.05, 3.63) is 56.7 Å². The molecule has 0 atom stereocenters. The van der Waals surface area contributed by atoms with Crippen molar-refractivity contribution in [3.63, 3.8) is 0 Å². The molecule has 2 aromatic rings. The largest absolute Gasteiger partial charge is 0.207 e. The molecule has 16 heavy (non-hydrogen) atoms. The van der Waals surface area contributed by atoms with Crippen LogP contribution >= 0.6 is 39.1 Å². The van der Waals surface area contributed by atoms with E-state index in [9.17, 15) is 4.39 Å². The van der Waals surface area contributed by atoms with Gasteiger partial charge in [-0.05, 0) is 39.7 Å². The summed E-state index contributed by atoms with van der Waals surface area (Å²) in [5.74, 6) is -0.275. The van der Waals surface area contributed by atoms with Gasteiger partial charge in [-0.25, -0.2) is 4.39 Å². The highest BCUT2D eigenvalue weighted by Crippen LogP contribution is 2.37. The molecular weight excluding hydrogens is 314 g/mol. The standard InChI is InChI=1S/C12H6BrCl2F/c13-10-6-5-9(11(14)12(10)15)7-1-3-8(16)4-2-7/h1-6H. The zero-order chi connectivity index (χ0) is 11.7. The van der Waals surface area contributed by atoms with Crippen LogP contribution in [0.1, 0.15) is 0 Å². The SMILES string of the molecule is Fc1ccc(-c2ccc(Br)c(Cl)c2Cl)cc1. The zero-order valence-electron chi connectivity index (χ0n) is 7.98. The third kappa shape index (κ3) is 2.24. The van der Waals surface area contributed by atoms with Gasteiger partial charge in [-0.3, -0.25) is 0 Å². The van der Waals surface area contributed by atoms with E-state index in [0.29, 0.717) is 10.0 Å². The fraction of sp³-hybridized carbons (Fsp3) is 0. The van der Waals surface area contributed by atoms with E-state index < -0.39 is 0 Å². The zero-order valence-corrected chi connectivity index (χ0v) is 11.1. The van der Waals surface area contributed by atoms with Crippen LogP contribution in [0, 0.1) is 5.82 Å². The number of halogens is 4. The minimum atomic E-state index is -0.275. The molecule has 0 aliphatic heterocycles. The lowest BCUT2D eigenvalue weighted by Gasteiger charge is -2.07.